The van der Waals surface area contributed by atoms with Crippen LogP contribution in [0.5, 0.6) is 0 Å². The molecule has 0 rings (SSSR count). The van der Waals surface area contributed by atoms with Crippen LogP contribution in [0.4, 0.5) is 4.39 Å². The highest BCUT2D eigenvalue weighted by Gasteiger charge is 2.16. The van der Waals surface area contributed by atoms with Gasteiger partial charge in [0.25, 0.3) is 0 Å². The average molecular weight is 120 g/mol. The summed E-state index contributed by atoms with van der Waals surface area (Å²) in [5, 5.41) is 8.62. The third kappa shape index (κ3) is 2.26. The van der Waals surface area contributed by atoms with Crippen molar-refractivity contribution in [1.82, 2.24) is 0 Å². The van der Waals surface area contributed by atoms with Gasteiger partial charge in [0.15, 0.2) is 0 Å². The molecular formula is C6H13FO. The van der Waals surface area contributed by atoms with Crippen LogP contribution in [0.2, 0.25) is 0 Å². The Labute approximate surface area is 49.5 Å². The zero-order valence-corrected chi connectivity index (χ0v) is 5.56. The zero-order valence-electron chi connectivity index (χ0n) is 5.56. The van der Waals surface area contributed by atoms with Crippen LogP contribution >= 0.6 is 0 Å². The van der Waals surface area contributed by atoms with E-state index < -0.39 is 12.3 Å². The third-order valence-electron chi connectivity index (χ3n) is 1.10. The molecular weight excluding hydrogens is 107 g/mol. The average Bonchev–Trinajstić information content (AvgIpc) is 1.64. The van der Waals surface area contributed by atoms with Gasteiger partial charge in [0.05, 0.1) is 6.10 Å². The Morgan fingerprint density at radius 2 is 1.62 bits per heavy atom. The topological polar surface area (TPSA) is 20.2 Å². The number of rotatable bonds is 2. The lowest BCUT2D eigenvalue weighted by molar-refractivity contribution is 0.0649. The van der Waals surface area contributed by atoms with Crippen LogP contribution in [0.25, 0.3) is 0 Å². The van der Waals surface area contributed by atoms with E-state index in [-0.39, 0.29) is 5.92 Å². The maximum atomic E-state index is 12.4. The first kappa shape index (κ1) is 7.89. The fourth-order valence-corrected chi connectivity index (χ4v) is 0.557. The smallest absolute Gasteiger partial charge is 0.128 e. The lowest BCUT2D eigenvalue weighted by Crippen LogP contribution is -2.23. The van der Waals surface area contributed by atoms with Gasteiger partial charge in [-0.15, -0.1) is 0 Å². The first-order valence-corrected chi connectivity index (χ1v) is 2.88. The van der Waals surface area contributed by atoms with Crippen LogP contribution < -0.4 is 0 Å². The van der Waals surface area contributed by atoms with Crippen molar-refractivity contribution < 1.29 is 9.50 Å². The fraction of sp³-hybridized carbons (Fsp3) is 1.00. The van der Waals surface area contributed by atoms with Gasteiger partial charge >= 0.3 is 0 Å². The van der Waals surface area contributed by atoms with E-state index in [1.54, 1.807) is 13.8 Å². The minimum Gasteiger partial charge on any atom is -0.390 e. The molecule has 1 nitrogen and oxygen atoms in total. The monoisotopic (exact) mass is 120 g/mol. The molecule has 1 N–H and O–H groups in total. The van der Waals surface area contributed by atoms with Crippen molar-refractivity contribution in [3.8, 4) is 0 Å². The van der Waals surface area contributed by atoms with Crippen molar-refractivity contribution in [1.29, 1.82) is 0 Å². The maximum Gasteiger partial charge on any atom is 0.128 e. The van der Waals surface area contributed by atoms with Gasteiger partial charge in [-0.1, -0.05) is 13.8 Å². The third-order valence-corrected chi connectivity index (χ3v) is 1.10. The van der Waals surface area contributed by atoms with E-state index in [2.05, 4.69) is 0 Å². The first-order valence-electron chi connectivity index (χ1n) is 2.88. The van der Waals surface area contributed by atoms with Crippen LogP contribution in [-0.4, -0.2) is 17.4 Å². The molecule has 0 saturated carbocycles. The lowest BCUT2D eigenvalue weighted by Gasteiger charge is -2.13. The molecule has 0 radical (unpaired) electrons. The predicted octanol–water partition coefficient (Wildman–Crippen LogP) is 1.36. The molecule has 0 fully saturated rings. The highest BCUT2D eigenvalue weighted by molar-refractivity contribution is 4.65. The molecule has 0 aliphatic heterocycles. The molecule has 0 aromatic rings. The largest absolute Gasteiger partial charge is 0.390 e. The summed E-state index contributed by atoms with van der Waals surface area (Å²) >= 11 is 0. The molecule has 0 bridgehead atoms. The van der Waals surface area contributed by atoms with Gasteiger partial charge in [-0.3, -0.25) is 0 Å². The summed E-state index contributed by atoms with van der Waals surface area (Å²) in [5.74, 6) is -0.0741. The number of hydrogen-bond acceptors (Lipinski definition) is 1. The minimum absolute atomic E-state index is 0.0741. The number of halogens is 1. The Kier molecular flexibility index (Phi) is 2.98. The summed E-state index contributed by atoms with van der Waals surface area (Å²) < 4.78 is 12.4. The molecule has 2 atom stereocenters. The Balaban J connectivity index is 3.46. The quantitative estimate of drug-likeness (QED) is 0.583. The Hall–Kier alpha value is -0.110. The predicted molar refractivity (Wildman–Crippen MR) is 31.4 cm³/mol. The van der Waals surface area contributed by atoms with E-state index in [1.165, 1.54) is 6.92 Å². The second-order valence-electron chi connectivity index (χ2n) is 2.43. The maximum absolute atomic E-state index is 12.4. The van der Waals surface area contributed by atoms with Crippen LogP contribution in [0.1, 0.15) is 20.8 Å². The van der Waals surface area contributed by atoms with Gasteiger partial charge in [-0.2, -0.15) is 0 Å². The Morgan fingerprint density at radius 1 is 1.25 bits per heavy atom. The number of aliphatic hydroxyl groups is 1. The summed E-state index contributed by atoms with van der Waals surface area (Å²) in [6.45, 7) is 4.96. The Bertz CT molecular complexity index is 53.5. The van der Waals surface area contributed by atoms with E-state index in [4.69, 9.17) is 5.11 Å². The van der Waals surface area contributed by atoms with E-state index in [0.717, 1.165) is 0 Å². The van der Waals surface area contributed by atoms with Gasteiger partial charge in [0.2, 0.25) is 0 Å². The molecule has 0 aliphatic carbocycles. The standard InChI is InChI=1S/C6H13FO/c1-4(2)6(7)5(3)8/h4-6,8H,1-3H3/t5-,6?/m1/s1. The molecule has 0 aromatic heterocycles. The van der Waals surface area contributed by atoms with Gasteiger partial charge < -0.3 is 5.11 Å². The minimum atomic E-state index is -1.07. The summed E-state index contributed by atoms with van der Waals surface area (Å²) in [4.78, 5) is 0. The normalized spacial score (nSPS) is 18.8. The highest BCUT2D eigenvalue weighted by Crippen LogP contribution is 2.09. The molecule has 0 saturated heterocycles. The number of aliphatic hydroxyl groups excluding tert-OH is 1. The molecule has 0 aromatic carbocycles. The molecule has 8 heavy (non-hydrogen) atoms. The summed E-state index contributed by atoms with van der Waals surface area (Å²) in [6, 6.07) is 0. The fourth-order valence-electron chi connectivity index (χ4n) is 0.557. The molecule has 2 heteroatoms. The molecule has 50 valence electrons. The summed E-state index contributed by atoms with van der Waals surface area (Å²) in [6.07, 6.45) is -1.90. The second-order valence-corrected chi connectivity index (χ2v) is 2.43. The summed E-state index contributed by atoms with van der Waals surface area (Å²) in [7, 11) is 0. The van der Waals surface area contributed by atoms with E-state index in [0.29, 0.717) is 0 Å². The molecule has 0 amide bonds. The lowest BCUT2D eigenvalue weighted by atomic mass is 10.1. The first-order chi connectivity index (χ1) is 3.55. The summed E-state index contributed by atoms with van der Waals surface area (Å²) in [5.41, 5.74) is 0. The van der Waals surface area contributed by atoms with Crippen molar-refractivity contribution in [3.63, 3.8) is 0 Å². The van der Waals surface area contributed by atoms with Crippen molar-refractivity contribution in [2.75, 3.05) is 0 Å². The van der Waals surface area contributed by atoms with Gasteiger partial charge in [0, 0.05) is 0 Å². The van der Waals surface area contributed by atoms with Gasteiger partial charge in [-0.05, 0) is 12.8 Å². The van der Waals surface area contributed by atoms with E-state index in [9.17, 15) is 4.39 Å². The van der Waals surface area contributed by atoms with Crippen LogP contribution in [0.3, 0.4) is 0 Å². The molecule has 1 unspecified atom stereocenters. The van der Waals surface area contributed by atoms with E-state index in [1.807, 2.05) is 0 Å². The van der Waals surface area contributed by atoms with Crippen LogP contribution in [0.15, 0.2) is 0 Å². The number of alkyl halides is 1. The molecule has 0 aliphatic rings. The van der Waals surface area contributed by atoms with Gasteiger partial charge in [0.1, 0.15) is 6.17 Å². The zero-order chi connectivity index (χ0) is 6.73. The Morgan fingerprint density at radius 3 is 1.62 bits per heavy atom. The van der Waals surface area contributed by atoms with Crippen LogP contribution in [0, 0.1) is 5.92 Å². The van der Waals surface area contributed by atoms with E-state index >= 15 is 0 Å². The van der Waals surface area contributed by atoms with Gasteiger partial charge in [-0.25, -0.2) is 4.39 Å². The SMILES string of the molecule is CC(C)C(F)[C@@H](C)O. The highest BCUT2D eigenvalue weighted by atomic mass is 19.1. The molecule has 0 spiro atoms. The van der Waals surface area contributed by atoms with Crippen LogP contribution in [-0.2, 0) is 0 Å². The molecule has 0 heterocycles. The van der Waals surface area contributed by atoms with Crippen molar-refractivity contribution in [3.05, 3.63) is 0 Å². The number of hydrogen-bond donors (Lipinski definition) is 1. The van der Waals surface area contributed by atoms with Crippen molar-refractivity contribution in [2.24, 2.45) is 5.92 Å². The van der Waals surface area contributed by atoms with Crippen molar-refractivity contribution >= 4 is 0 Å². The van der Waals surface area contributed by atoms with Crippen molar-refractivity contribution in [2.45, 2.75) is 33.0 Å². The second kappa shape index (κ2) is 3.02.